The molecule has 0 saturated carbocycles. The predicted molar refractivity (Wildman–Crippen MR) is 110 cm³/mol. The first kappa shape index (κ1) is 19.0. The lowest BCUT2D eigenvalue weighted by Crippen LogP contribution is -2.45. The molecule has 1 N–H and O–H groups in total. The Morgan fingerprint density at radius 3 is 2.72 bits per heavy atom. The third kappa shape index (κ3) is 3.94. The van der Waals surface area contributed by atoms with E-state index in [4.69, 9.17) is 4.74 Å². The first-order valence-corrected chi connectivity index (χ1v) is 9.67. The van der Waals surface area contributed by atoms with Gasteiger partial charge in [0.2, 0.25) is 0 Å². The van der Waals surface area contributed by atoms with Crippen LogP contribution in [0.15, 0.2) is 72.8 Å². The highest BCUT2D eigenvalue weighted by Crippen LogP contribution is 2.35. The van der Waals surface area contributed by atoms with Crippen LogP contribution >= 0.6 is 0 Å². The zero-order chi connectivity index (χ0) is 20.2. The number of ether oxygens (including phenoxy) is 1. The second kappa shape index (κ2) is 8.35. The molecule has 0 saturated heterocycles. The summed E-state index contributed by atoms with van der Waals surface area (Å²) in [5, 5.41) is 3.00. The Labute approximate surface area is 169 Å². The molecule has 1 atom stereocenters. The van der Waals surface area contributed by atoms with Crippen LogP contribution in [0, 0.1) is 5.82 Å². The molecule has 2 amide bonds. The minimum absolute atomic E-state index is 0.181. The smallest absolute Gasteiger partial charge is 0.318 e. The number of urea groups is 1. The first-order chi connectivity index (χ1) is 14.2. The zero-order valence-electron chi connectivity index (χ0n) is 16.3. The summed E-state index contributed by atoms with van der Waals surface area (Å²) in [6.45, 7) is 0.923. The molecular weight excluding hydrogens is 367 g/mol. The number of para-hydroxylation sites is 1. The minimum atomic E-state index is -0.326. The average molecular weight is 390 g/mol. The fourth-order valence-electron chi connectivity index (χ4n) is 3.94. The van der Waals surface area contributed by atoms with Crippen LogP contribution in [0.1, 0.15) is 28.3 Å². The van der Waals surface area contributed by atoms with E-state index < -0.39 is 0 Å². The van der Waals surface area contributed by atoms with Gasteiger partial charge in [0, 0.05) is 18.7 Å². The number of amides is 2. The van der Waals surface area contributed by atoms with E-state index in [2.05, 4.69) is 11.4 Å². The maximum absolute atomic E-state index is 13.9. The molecule has 1 heterocycles. The van der Waals surface area contributed by atoms with E-state index in [0.29, 0.717) is 13.1 Å². The van der Waals surface area contributed by atoms with Gasteiger partial charge >= 0.3 is 6.03 Å². The molecule has 1 aliphatic heterocycles. The standard InChI is InChI=1S/C24H23FN2O2/c1-29-22-12-5-3-8-19(22)16-26-24(28)27-14-13-17-7-2-4-11-21(17)23(27)18-9-6-10-20(25)15-18/h2-12,15,23H,13-14,16H2,1H3,(H,26,28). The van der Waals surface area contributed by atoms with Gasteiger partial charge in [-0.25, -0.2) is 9.18 Å². The highest BCUT2D eigenvalue weighted by molar-refractivity contribution is 5.76. The van der Waals surface area contributed by atoms with Crippen molar-refractivity contribution in [2.75, 3.05) is 13.7 Å². The molecule has 5 heteroatoms. The fourth-order valence-corrected chi connectivity index (χ4v) is 3.94. The van der Waals surface area contributed by atoms with Crippen molar-refractivity contribution < 1.29 is 13.9 Å². The van der Waals surface area contributed by atoms with Crippen LogP contribution in [0.25, 0.3) is 0 Å². The number of hydrogen-bond donors (Lipinski definition) is 1. The minimum Gasteiger partial charge on any atom is -0.496 e. The van der Waals surface area contributed by atoms with Crippen LogP contribution in [-0.4, -0.2) is 24.6 Å². The molecule has 0 bridgehead atoms. The van der Waals surface area contributed by atoms with Gasteiger partial charge in [-0.3, -0.25) is 0 Å². The molecule has 148 valence electrons. The van der Waals surface area contributed by atoms with Gasteiger partial charge in [0.05, 0.1) is 13.2 Å². The van der Waals surface area contributed by atoms with Gasteiger partial charge in [-0.1, -0.05) is 54.6 Å². The number of halogens is 1. The van der Waals surface area contributed by atoms with E-state index in [-0.39, 0.29) is 17.9 Å². The largest absolute Gasteiger partial charge is 0.496 e. The topological polar surface area (TPSA) is 41.6 Å². The molecule has 0 spiro atoms. The van der Waals surface area contributed by atoms with Gasteiger partial charge in [0.1, 0.15) is 11.6 Å². The van der Waals surface area contributed by atoms with E-state index in [9.17, 15) is 9.18 Å². The molecule has 3 aromatic carbocycles. The first-order valence-electron chi connectivity index (χ1n) is 9.67. The summed E-state index contributed by atoms with van der Waals surface area (Å²) in [7, 11) is 1.61. The molecule has 0 radical (unpaired) electrons. The Kier molecular flexibility index (Phi) is 5.47. The van der Waals surface area contributed by atoms with Gasteiger partial charge in [-0.15, -0.1) is 0 Å². The van der Waals surface area contributed by atoms with Crippen LogP contribution in [0.4, 0.5) is 9.18 Å². The maximum atomic E-state index is 13.9. The van der Waals surface area contributed by atoms with Gasteiger partial charge in [0.25, 0.3) is 0 Å². The molecule has 0 fully saturated rings. The number of benzene rings is 3. The van der Waals surface area contributed by atoms with E-state index in [0.717, 1.165) is 28.9 Å². The number of methoxy groups -OCH3 is 1. The van der Waals surface area contributed by atoms with Gasteiger partial charge in [-0.2, -0.15) is 0 Å². The van der Waals surface area contributed by atoms with Crippen molar-refractivity contribution in [2.24, 2.45) is 0 Å². The van der Waals surface area contributed by atoms with Crippen LogP contribution in [0.3, 0.4) is 0 Å². The van der Waals surface area contributed by atoms with Crippen molar-refractivity contribution in [3.63, 3.8) is 0 Å². The molecule has 4 nitrogen and oxygen atoms in total. The maximum Gasteiger partial charge on any atom is 0.318 e. The number of nitrogens with zero attached hydrogens (tertiary/aromatic N) is 1. The summed E-state index contributed by atoms with van der Waals surface area (Å²) >= 11 is 0. The zero-order valence-corrected chi connectivity index (χ0v) is 16.3. The number of carbonyl (C=O) groups excluding carboxylic acids is 1. The third-order valence-corrected chi connectivity index (χ3v) is 5.33. The summed E-state index contributed by atoms with van der Waals surface area (Å²) in [5.74, 6) is 0.429. The van der Waals surface area contributed by atoms with Gasteiger partial charge in [-0.05, 0) is 41.3 Å². The lowest BCUT2D eigenvalue weighted by molar-refractivity contribution is 0.179. The quantitative estimate of drug-likeness (QED) is 0.702. The predicted octanol–water partition coefficient (Wildman–Crippen LogP) is 4.69. The summed E-state index contributed by atoms with van der Waals surface area (Å²) < 4.78 is 19.3. The number of fused-ring (bicyclic) bond motifs is 1. The average Bonchev–Trinajstić information content (AvgIpc) is 2.76. The number of hydrogen-bond acceptors (Lipinski definition) is 2. The lowest BCUT2D eigenvalue weighted by Gasteiger charge is -2.37. The summed E-state index contributed by atoms with van der Waals surface area (Å²) in [6.07, 6.45) is 0.768. The van der Waals surface area contributed by atoms with Crippen molar-refractivity contribution in [1.82, 2.24) is 10.2 Å². The van der Waals surface area contributed by atoms with Crippen LogP contribution in [0.5, 0.6) is 5.75 Å². The van der Waals surface area contributed by atoms with Crippen molar-refractivity contribution >= 4 is 6.03 Å². The van der Waals surface area contributed by atoms with Crippen LogP contribution < -0.4 is 10.1 Å². The Balaban J connectivity index is 1.62. The van der Waals surface area contributed by atoms with Gasteiger partial charge < -0.3 is 15.0 Å². The molecule has 3 aromatic rings. The second-order valence-corrected chi connectivity index (χ2v) is 7.07. The van der Waals surface area contributed by atoms with Crippen LogP contribution in [0.2, 0.25) is 0 Å². The van der Waals surface area contributed by atoms with Crippen molar-refractivity contribution in [3.8, 4) is 5.75 Å². The second-order valence-electron chi connectivity index (χ2n) is 7.07. The van der Waals surface area contributed by atoms with E-state index in [1.54, 1.807) is 18.1 Å². The Morgan fingerprint density at radius 1 is 1.10 bits per heavy atom. The van der Waals surface area contributed by atoms with Crippen LogP contribution in [-0.2, 0) is 13.0 Å². The van der Waals surface area contributed by atoms with Crippen molar-refractivity contribution in [2.45, 2.75) is 19.0 Å². The Morgan fingerprint density at radius 2 is 1.90 bits per heavy atom. The monoisotopic (exact) mass is 390 g/mol. The molecule has 4 rings (SSSR count). The summed E-state index contributed by atoms with van der Waals surface area (Å²) in [5.41, 5.74) is 3.90. The Hall–Kier alpha value is -3.34. The summed E-state index contributed by atoms with van der Waals surface area (Å²) in [4.78, 5) is 14.9. The molecule has 29 heavy (non-hydrogen) atoms. The van der Waals surface area contributed by atoms with Crippen molar-refractivity contribution in [3.05, 3.63) is 101 Å². The van der Waals surface area contributed by atoms with Crippen molar-refractivity contribution in [1.29, 1.82) is 0 Å². The molecular formula is C24H23FN2O2. The molecule has 1 unspecified atom stereocenters. The molecule has 0 aromatic heterocycles. The fraction of sp³-hybridized carbons (Fsp3) is 0.208. The number of rotatable bonds is 4. The van der Waals surface area contributed by atoms with E-state index >= 15 is 0 Å². The Bertz CT molecular complexity index is 1020. The number of carbonyl (C=O) groups is 1. The summed E-state index contributed by atoms with van der Waals surface area (Å²) in [6, 6.07) is 21.6. The SMILES string of the molecule is COc1ccccc1CNC(=O)N1CCc2ccccc2C1c1cccc(F)c1. The highest BCUT2D eigenvalue weighted by Gasteiger charge is 2.32. The molecule has 1 aliphatic rings. The molecule has 0 aliphatic carbocycles. The van der Waals surface area contributed by atoms with E-state index in [1.165, 1.54) is 17.7 Å². The lowest BCUT2D eigenvalue weighted by atomic mass is 9.88. The normalized spacial score (nSPS) is 15.5. The highest BCUT2D eigenvalue weighted by atomic mass is 19.1. The third-order valence-electron chi connectivity index (χ3n) is 5.33. The van der Waals surface area contributed by atoms with Gasteiger partial charge in [0.15, 0.2) is 0 Å². The number of nitrogens with one attached hydrogen (secondary N) is 1. The van der Waals surface area contributed by atoms with E-state index in [1.807, 2.05) is 48.5 Å².